The molecule has 13 heavy (non-hydrogen) atoms. The summed E-state index contributed by atoms with van der Waals surface area (Å²) in [6.07, 6.45) is 0.377. The number of nitrogens with one attached hydrogen (secondary N) is 1. The quantitative estimate of drug-likeness (QED) is 0.636. The van der Waals surface area contributed by atoms with Gasteiger partial charge in [0.25, 0.3) is 0 Å². The van der Waals surface area contributed by atoms with Crippen LogP contribution in [0.15, 0.2) is 18.2 Å². The highest BCUT2D eigenvalue weighted by molar-refractivity contribution is 5.54. The molecule has 0 bridgehead atoms. The van der Waals surface area contributed by atoms with Crippen molar-refractivity contribution in [3.63, 3.8) is 0 Å². The van der Waals surface area contributed by atoms with Gasteiger partial charge in [0.2, 0.25) is 0 Å². The molecule has 0 saturated carbocycles. The summed E-state index contributed by atoms with van der Waals surface area (Å²) in [4.78, 5) is 0. The third-order valence-electron chi connectivity index (χ3n) is 2.34. The maximum atomic E-state index is 13.3. The molecule has 2 N–H and O–H groups in total. The summed E-state index contributed by atoms with van der Waals surface area (Å²) in [6.45, 7) is 2.18. The normalized spacial score (nSPS) is 26.4. The first-order valence-corrected chi connectivity index (χ1v) is 4.32. The lowest BCUT2D eigenvalue weighted by Gasteiger charge is -2.31. The first-order valence-electron chi connectivity index (χ1n) is 4.32. The van der Waals surface area contributed by atoms with Gasteiger partial charge in [-0.2, -0.15) is 0 Å². The lowest BCUT2D eigenvalue weighted by atomic mass is 9.91. The minimum absolute atomic E-state index is 0.245. The lowest BCUT2D eigenvalue weighted by Crippen LogP contribution is -2.40. The van der Waals surface area contributed by atoms with Crippen molar-refractivity contribution in [2.24, 2.45) is 0 Å². The van der Waals surface area contributed by atoms with Gasteiger partial charge in [-0.15, -0.1) is 0 Å². The van der Waals surface area contributed by atoms with Crippen LogP contribution in [0.25, 0.3) is 0 Å². The summed E-state index contributed by atoms with van der Waals surface area (Å²) in [5.74, 6) is -0.245. The molecular weight excluding hydrogens is 169 g/mol. The number of anilines is 1. The summed E-state index contributed by atoms with van der Waals surface area (Å²) in [6, 6.07) is 4.91. The van der Waals surface area contributed by atoms with E-state index >= 15 is 0 Å². The van der Waals surface area contributed by atoms with Crippen molar-refractivity contribution in [1.82, 2.24) is 0 Å². The second-order valence-corrected chi connectivity index (χ2v) is 3.79. The maximum Gasteiger partial charge on any atom is 0.128 e. The van der Waals surface area contributed by atoms with E-state index in [9.17, 15) is 9.50 Å². The van der Waals surface area contributed by atoms with E-state index in [1.165, 1.54) is 6.07 Å². The van der Waals surface area contributed by atoms with Crippen LogP contribution in [-0.4, -0.2) is 17.3 Å². The fourth-order valence-electron chi connectivity index (χ4n) is 1.63. The van der Waals surface area contributed by atoms with Crippen molar-refractivity contribution in [2.45, 2.75) is 18.9 Å². The van der Waals surface area contributed by atoms with Gasteiger partial charge in [0.15, 0.2) is 0 Å². The molecular formula is C10H12FNO. The predicted octanol–water partition coefficient (Wildman–Crippen LogP) is 1.54. The molecule has 0 saturated heterocycles. The minimum atomic E-state index is -0.838. The molecule has 3 heteroatoms. The topological polar surface area (TPSA) is 32.3 Å². The van der Waals surface area contributed by atoms with Crippen LogP contribution >= 0.6 is 0 Å². The molecule has 1 atom stereocenters. The fourth-order valence-corrected chi connectivity index (χ4v) is 1.63. The number of hydrogen-bond acceptors (Lipinski definition) is 2. The Morgan fingerprint density at radius 1 is 1.54 bits per heavy atom. The van der Waals surface area contributed by atoms with Gasteiger partial charge in [-0.05, 0) is 19.1 Å². The van der Waals surface area contributed by atoms with Gasteiger partial charge in [0.1, 0.15) is 5.82 Å². The molecule has 1 aromatic rings. The van der Waals surface area contributed by atoms with Crippen LogP contribution in [0.3, 0.4) is 0 Å². The zero-order valence-corrected chi connectivity index (χ0v) is 7.47. The molecule has 1 aliphatic rings. The van der Waals surface area contributed by atoms with Crippen LogP contribution < -0.4 is 5.32 Å². The number of rotatable bonds is 0. The summed E-state index contributed by atoms with van der Waals surface area (Å²) >= 11 is 0. The highest BCUT2D eigenvalue weighted by Gasteiger charge is 2.28. The Balaban J connectivity index is 2.44. The lowest BCUT2D eigenvalue weighted by molar-refractivity contribution is 0.0700. The smallest absolute Gasteiger partial charge is 0.128 e. The molecule has 70 valence electrons. The number of aliphatic hydroxyl groups is 1. The molecule has 0 spiro atoms. The Morgan fingerprint density at radius 2 is 2.31 bits per heavy atom. The Labute approximate surface area is 76.4 Å². The first kappa shape index (κ1) is 8.51. The summed E-state index contributed by atoms with van der Waals surface area (Å²) in [5, 5.41) is 12.7. The zero-order chi connectivity index (χ0) is 9.47. The van der Waals surface area contributed by atoms with E-state index in [-0.39, 0.29) is 5.82 Å². The second-order valence-electron chi connectivity index (χ2n) is 3.79. The van der Waals surface area contributed by atoms with E-state index in [1.54, 1.807) is 13.0 Å². The third-order valence-corrected chi connectivity index (χ3v) is 2.34. The van der Waals surface area contributed by atoms with Gasteiger partial charge in [-0.25, -0.2) is 4.39 Å². The van der Waals surface area contributed by atoms with E-state index in [0.29, 0.717) is 18.5 Å². The summed E-state index contributed by atoms with van der Waals surface area (Å²) in [7, 11) is 0. The molecule has 1 unspecified atom stereocenters. The molecule has 0 fully saturated rings. The van der Waals surface area contributed by atoms with E-state index in [2.05, 4.69) is 5.32 Å². The van der Waals surface area contributed by atoms with Gasteiger partial charge < -0.3 is 10.4 Å². The SMILES string of the molecule is CC1(O)CNc2cccc(F)c2C1. The molecule has 0 amide bonds. The number of fused-ring (bicyclic) bond motifs is 1. The predicted molar refractivity (Wildman–Crippen MR) is 49.2 cm³/mol. The second kappa shape index (κ2) is 2.70. The maximum absolute atomic E-state index is 13.3. The third kappa shape index (κ3) is 1.52. The molecule has 1 aliphatic heterocycles. The molecule has 0 aliphatic carbocycles. The summed E-state index contributed by atoms with van der Waals surface area (Å²) < 4.78 is 13.3. The molecule has 1 heterocycles. The molecule has 1 aromatic carbocycles. The largest absolute Gasteiger partial charge is 0.388 e. The van der Waals surface area contributed by atoms with E-state index in [0.717, 1.165) is 5.69 Å². The average molecular weight is 181 g/mol. The average Bonchev–Trinajstić information content (AvgIpc) is 2.06. The van der Waals surface area contributed by atoms with Crippen molar-refractivity contribution in [3.05, 3.63) is 29.6 Å². The van der Waals surface area contributed by atoms with Crippen molar-refractivity contribution < 1.29 is 9.50 Å². The van der Waals surface area contributed by atoms with Crippen molar-refractivity contribution >= 4 is 5.69 Å². The standard InChI is InChI=1S/C10H12FNO/c1-10(13)5-7-8(11)3-2-4-9(7)12-6-10/h2-4,12-13H,5-6H2,1H3. The van der Waals surface area contributed by atoms with Crippen LogP contribution in [0, 0.1) is 5.82 Å². The zero-order valence-electron chi connectivity index (χ0n) is 7.47. The number of benzene rings is 1. The van der Waals surface area contributed by atoms with E-state index in [1.807, 2.05) is 6.07 Å². The van der Waals surface area contributed by atoms with Crippen molar-refractivity contribution in [3.8, 4) is 0 Å². The van der Waals surface area contributed by atoms with Gasteiger partial charge >= 0.3 is 0 Å². The first-order chi connectivity index (χ1) is 6.08. The molecule has 0 radical (unpaired) electrons. The van der Waals surface area contributed by atoms with Gasteiger partial charge in [0.05, 0.1) is 5.60 Å². The Bertz CT molecular complexity index is 336. The van der Waals surface area contributed by atoms with E-state index in [4.69, 9.17) is 0 Å². The Hall–Kier alpha value is -1.09. The monoisotopic (exact) mass is 181 g/mol. The van der Waals surface area contributed by atoms with Crippen LogP contribution in [0.5, 0.6) is 0 Å². The van der Waals surface area contributed by atoms with Crippen molar-refractivity contribution in [1.29, 1.82) is 0 Å². The highest BCUT2D eigenvalue weighted by Crippen LogP contribution is 2.28. The Kier molecular flexibility index (Phi) is 1.77. The number of halogens is 1. The van der Waals surface area contributed by atoms with Crippen LogP contribution in [-0.2, 0) is 6.42 Å². The summed E-state index contributed by atoms with van der Waals surface area (Å²) in [5.41, 5.74) is 0.542. The van der Waals surface area contributed by atoms with Crippen LogP contribution in [0.2, 0.25) is 0 Å². The van der Waals surface area contributed by atoms with Crippen LogP contribution in [0.4, 0.5) is 10.1 Å². The number of hydrogen-bond donors (Lipinski definition) is 2. The van der Waals surface area contributed by atoms with Gasteiger partial charge in [-0.3, -0.25) is 0 Å². The van der Waals surface area contributed by atoms with Gasteiger partial charge in [0, 0.05) is 24.2 Å². The molecule has 0 aromatic heterocycles. The van der Waals surface area contributed by atoms with E-state index < -0.39 is 5.60 Å². The Morgan fingerprint density at radius 3 is 3.08 bits per heavy atom. The van der Waals surface area contributed by atoms with Crippen LogP contribution in [0.1, 0.15) is 12.5 Å². The fraction of sp³-hybridized carbons (Fsp3) is 0.400. The molecule has 2 rings (SSSR count). The van der Waals surface area contributed by atoms with Gasteiger partial charge in [-0.1, -0.05) is 6.07 Å². The number of β-amino-alcohol motifs (C(OH)–C–C–N with tert-alkyl or cyclic N) is 1. The molecule has 2 nitrogen and oxygen atoms in total. The minimum Gasteiger partial charge on any atom is -0.388 e. The van der Waals surface area contributed by atoms with Crippen molar-refractivity contribution in [2.75, 3.05) is 11.9 Å². The highest BCUT2D eigenvalue weighted by atomic mass is 19.1.